The fraction of sp³-hybridized carbons (Fsp3) is 0.444. The molecule has 0 radical (unpaired) electrons. The maximum atomic E-state index is 13.9. The standard InChI is InChI=1S/C18H23FN2/c1-2-3-4-5-6-7-10-15-13-20-14-21-18(15)16-11-8-9-12-17(16)19/h8-9,11-14H,2-7,10H2,1H3. The van der Waals surface area contributed by atoms with Gasteiger partial charge in [0.25, 0.3) is 0 Å². The van der Waals surface area contributed by atoms with Gasteiger partial charge in [-0.05, 0) is 30.5 Å². The lowest BCUT2D eigenvalue weighted by atomic mass is 10.0. The molecule has 0 atom stereocenters. The summed E-state index contributed by atoms with van der Waals surface area (Å²) in [4.78, 5) is 8.38. The monoisotopic (exact) mass is 286 g/mol. The second-order valence-corrected chi connectivity index (χ2v) is 5.39. The van der Waals surface area contributed by atoms with Crippen LogP contribution in [-0.2, 0) is 6.42 Å². The van der Waals surface area contributed by atoms with E-state index in [0.29, 0.717) is 5.56 Å². The molecular weight excluding hydrogens is 263 g/mol. The van der Waals surface area contributed by atoms with Gasteiger partial charge in [-0.2, -0.15) is 0 Å². The Bertz CT molecular complexity index is 554. The zero-order chi connectivity index (χ0) is 14.9. The largest absolute Gasteiger partial charge is 0.244 e. The Kier molecular flexibility index (Phi) is 6.32. The van der Waals surface area contributed by atoms with Gasteiger partial charge >= 0.3 is 0 Å². The van der Waals surface area contributed by atoms with Crippen LogP contribution in [0.15, 0.2) is 36.8 Å². The highest BCUT2D eigenvalue weighted by molar-refractivity contribution is 5.63. The van der Waals surface area contributed by atoms with Gasteiger partial charge in [0.05, 0.1) is 5.69 Å². The van der Waals surface area contributed by atoms with Crippen LogP contribution in [0.25, 0.3) is 11.3 Å². The Labute approximate surface area is 126 Å². The summed E-state index contributed by atoms with van der Waals surface area (Å²) in [5.74, 6) is -0.222. The van der Waals surface area contributed by atoms with Crippen molar-refractivity contribution in [3.8, 4) is 11.3 Å². The molecule has 1 aromatic heterocycles. The van der Waals surface area contributed by atoms with Gasteiger partial charge in [-0.25, -0.2) is 14.4 Å². The van der Waals surface area contributed by atoms with Crippen molar-refractivity contribution >= 4 is 0 Å². The second-order valence-electron chi connectivity index (χ2n) is 5.39. The first-order valence-corrected chi connectivity index (χ1v) is 7.86. The van der Waals surface area contributed by atoms with Crippen LogP contribution in [0.2, 0.25) is 0 Å². The van der Waals surface area contributed by atoms with Crippen LogP contribution in [0.4, 0.5) is 4.39 Å². The normalized spacial score (nSPS) is 10.8. The predicted molar refractivity (Wildman–Crippen MR) is 84.5 cm³/mol. The Balaban J connectivity index is 1.99. The molecular formula is C18H23FN2. The van der Waals surface area contributed by atoms with Gasteiger partial charge in [-0.15, -0.1) is 0 Å². The first-order valence-electron chi connectivity index (χ1n) is 7.86. The number of benzene rings is 1. The maximum absolute atomic E-state index is 13.9. The molecule has 0 saturated carbocycles. The molecule has 0 aliphatic heterocycles. The molecule has 112 valence electrons. The molecule has 0 fully saturated rings. The molecule has 21 heavy (non-hydrogen) atoms. The summed E-state index contributed by atoms with van der Waals surface area (Å²) >= 11 is 0. The lowest BCUT2D eigenvalue weighted by Gasteiger charge is -2.08. The molecule has 0 amide bonds. The van der Waals surface area contributed by atoms with E-state index in [9.17, 15) is 4.39 Å². The fourth-order valence-corrected chi connectivity index (χ4v) is 2.53. The molecule has 2 aromatic rings. The lowest BCUT2D eigenvalue weighted by Crippen LogP contribution is -1.97. The highest BCUT2D eigenvalue weighted by atomic mass is 19.1. The quantitative estimate of drug-likeness (QED) is 0.624. The minimum absolute atomic E-state index is 0.222. The van der Waals surface area contributed by atoms with Crippen LogP contribution in [0.1, 0.15) is 51.0 Å². The van der Waals surface area contributed by atoms with Gasteiger partial charge in [0, 0.05) is 11.8 Å². The highest BCUT2D eigenvalue weighted by Crippen LogP contribution is 2.24. The SMILES string of the molecule is CCCCCCCCc1cncnc1-c1ccccc1F. The number of hydrogen-bond donors (Lipinski definition) is 0. The minimum atomic E-state index is -0.222. The highest BCUT2D eigenvalue weighted by Gasteiger charge is 2.10. The van der Waals surface area contributed by atoms with Crippen molar-refractivity contribution in [2.45, 2.75) is 51.9 Å². The van der Waals surface area contributed by atoms with E-state index in [-0.39, 0.29) is 5.82 Å². The van der Waals surface area contributed by atoms with Crippen molar-refractivity contribution in [1.82, 2.24) is 9.97 Å². The molecule has 3 heteroatoms. The van der Waals surface area contributed by atoms with E-state index in [0.717, 1.165) is 24.1 Å². The third-order valence-electron chi connectivity index (χ3n) is 3.72. The van der Waals surface area contributed by atoms with Gasteiger partial charge in [0.2, 0.25) is 0 Å². The Morgan fingerprint density at radius 2 is 1.76 bits per heavy atom. The van der Waals surface area contributed by atoms with Gasteiger partial charge in [0.1, 0.15) is 12.1 Å². The molecule has 0 saturated heterocycles. The smallest absolute Gasteiger partial charge is 0.132 e. The van der Waals surface area contributed by atoms with E-state index in [1.54, 1.807) is 12.1 Å². The number of aromatic nitrogens is 2. The van der Waals surface area contributed by atoms with E-state index >= 15 is 0 Å². The summed E-state index contributed by atoms with van der Waals surface area (Å²) in [5.41, 5.74) is 2.34. The molecule has 0 aliphatic carbocycles. The summed E-state index contributed by atoms with van der Waals surface area (Å²) in [6.07, 6.45) is 11.7. The molecule has 1 heterocycles. The van der Waals surface area contributed by atoms with Crippen molar-refractivity contribution < 1.29 is 4.39 Å². The Morgan fingerprint density at radius 1 is 1.00 bits per heavy atom. The topological polar surface area (TPSA) is 25.8 Å². The fourth-order valence-electron chi connectivity index (χ4n) is 2.53. The second kappa shape index (κ2) is 8.50. The average molecular weight is 286 g/mol. The maximum Gasteiger partial charge on any atom is 0.132 e. The van der Waals surface area contributed by atoms with Gasteiger partial charge in [0.15, 0.2) is 0 Å². The first-order chi connectivity index (χ1) is 10.3. The average Bonchev–Trinajstić information content (AvgIpc) is 2.52. The molecule has 1 aromatic carbocycles. The summed E-state index contributed by atoms with van der Waals surface area (Å²) < 4.78 is 13.9. The molecule has 0 N–H and O–H groups in total. The van der Waals surface area contributed by atoms with Gasteiger partial charge in [-0.3, -0.25) is 0 Å². The Morgan fingerprint density at radius 3 is 2.57 bits per heavy atom. The summed E-state index contributed by atoms with van der Waals surface area (Å²) in [6.45, 7) is 2.22. The first kappa shape index (κ1) is 15.6. The van der Waals surface area contributed by atoms with Crippen molar-refractivity contribution in [2.75, 3.05) is 0 Å². The van der Waals surface area contributed by atoms with Crippen molar-refractivity contribution in [3.05, 3.63) is 48.2 Å². The van der Waals surface area contributed by atoms with E-state index in [4.69, 9.17) is 0 Å². The molecule has 0 aliphatic rings. The van der Waals surface area contributed by atoms with Gasteiger partial charge in [-0.1, -0.05) is 51.2 Å². The molecule has 2 nitrogen and oxygen atoms in total. The Hall–Kier alpha value is -1.77. The van der Waals surface area contributed by atoms with E-state index in [1.165, 1.54) is 44.5 Å². The molecule has 0 spiro atoms. The summed E-state index contributed by atoms with van der Waals surface area (Å²) in [7, 11) is 0. The number of nitrogens with zero attached hydrogens (tertiary/aromatic N) is 2. The van der Waals surface area contributed by atoms with Crippen molar-refractivity contribution in [3.63, 3.8) is 0 Å². The number of aryl methyl sites for hydroxylation is 1. The molecule has 0 bridgehead atoms. The minimum Gasteiger partial charge on any atom is -0.244 e. The summed E-state index contributed by atoms with van der Waals surface area (Å²) in [5, 5.41) is 0. The third-order valence-corrected chi connectivity index (χ3v) is 3.72. The predicted octanol–water partition coefficient (Wildman–Crippen LogP) is 5.19. The summed E-state index contributed by atoms with van der Waals surface area (Å²) in [6, 6.07) is 6.80. The van der Waals surface area contributed by atoms with E-state index in [2.05, 4.69) is 16.9 Å². The third kappa shape index (κ3) is 4.62. The number of hydrogen-bond acceptors (Lipinski definition) is 2. The van der Waals surface area contributed by atoms with Crippen LogP contribution < -0.4 is 0 Å². The van der Waals surface area contributed by atoms with Crippen LogP contribution in [-0.4, -0.2) is 9.97 Å². The van der Waals surface area contributed by atoms with Crippen LogP contribution in [0, 0.1) is 5.82 Å². The lowest BCUT2D eigenvalue weighted by molar-refractivity contribution is 0.606. The molecule has 0 unspecified atom stereocenters. The van der Waals surface area contributed by atoms with Crippen LogP contribution >= 0.6 is 0 Å². The van der Waals surface area contributed by atoms with Crippen molar-refractivity contribution in [2.24, 2.45) is 0 Å². The molecule has 2 rings (SSSR count). The number of unbranched alkanes of at least 4 members (excludes halogenated alkanes) is 5. The van der Waals surface area contributed by atoms with E-state index in [1.807, 2.05) is 12.3 Å². The zero-order valence-corrected chi connectivity index (χ0v) is 12.7. The van der Waals surface area contributed by atoms with Crippen LogP contribution in [0.5, 0.6) is 0 Å². The van der Waals surface area contributed by atoms with Gasteiger partial charge < -0.3 is 0 Å². The van der Waals surface area contributed by atoms with Crippen molar-refractivity contribution in [1.29, 1.82) is 0 Å². The van der Waals surface area contributed by atoms with E-state index < -0.39 is 0 Å². The van der Waals surface area contributed by atoms with Crippen LogP contribution in [0.3, 0.4) is 0 Å². The zero-order valence-electron chi connectivity index (χ0n) is 12.7. The number of halogens is 1. The number of rotatable bonds is 8.